The Hall–Kier alpha value is -2.63. The Morgan fingerprint density at radius 2 is 2.00 bits per heavy atom. The molecule has 0 spiro atoms. The molecule has 2 rings (SSSR count). The molecular formula is C16H18N2O4. The molecular weight excluding hydrogens is 284 g/mol. The molecule has 116 valence electrons. The van der Waals surface area contributed by atoms with E-state index in [4.69, 9.17) is 4.52 Å². The van der Waals surface area contributed by atoms with Crippen molar-refractivity contribution >= 4 is 11.9 Å². The number of carboxylic acid groups (broad SMARTS) is 1. The third-order valence-corrected chi connectivity index (χ3v) is 3.35. The van der Waals surface area contributed by atoms with Crippen molar-refractivity contribution in [1.29, 1.82) is 0 Å². The molecule has 0 bridgehead atoms. The Bertz CT molecular complexity index is 651. The Labute approximate surface area is 128 Å². The van der Waals surface area contributed by atoms with Gasteiger partial charge >= 0.3 is 5.97 Å². The van der Waals surface area contributed by atoms with Crippen molar-refractivity contribution in [2.75, 3.05) is 0 Å². The number of hydrogen-bond donors (Lipinski definition) is 1. The lowest BCUT2D eigenvalue weighted by Gasteiger charge is -2.26. The number of hydrogen-bond acceptors (Lipinski definition) is 4. The van der Waals surface area contributed by atoms with Crippen LogP contribution in [-0.2, 0) is 22.6 Å². The van der Waals surface area contributed by atoms with Gasteiger partial charge < -0.3 is 14.5 Å². The Balaban J connectivity index is 2.16. The number of amides is 1. The summed E-state index contributed by atoms with van der Waals surface area (Å²) in [6.07, 6.45) is 0.0157. The van der Waals surface area contributed by atoms with Crippen molar-refractivity contribution in [2.45, 2.75) is 32.9 Å². The highest BCUT2D eigenvalue weighted by Gasteiger charge is 2.26. The molecule has 0 aliphatic rings. The highest BCUT2D eigenvalue weighted by Crippen LogP contribution is 2.12. The molecule has 0 fully saturated rings. The quantitative estimate of drug-likeness (QED) is 0.882. The molecule has 2 aromatic rings. The molecule has 22 heavy (non-hydrogen) atoms. The number of benzene rings is 1. The average Bonchev–Trinajstić information content (AvgIpc) is 2.90. The molecule has 1 heterocycles. The normalized spacial score (nSPS) is 11.9. The highest BCUT2D eigenvalue weighted by molar-refractivity contribution is 5.84. The van der Waals surface area contributed by atoms with Crippen molar-refractivity contribution < 1.29 is 19.2 Å². The number of nitrogens with zero attached hydrogens (tertiary/aromatic N) is 2. The summed E-state index contributed by atoms with van der Waals surface area (Å²) in [5.74, 6) is -0.726. The van der Waals surface area contributed by atoms with E-state index in [0.717, 1.165) is 5.56 Å². The molecule has 0 aliphatic carbocycles. The molecule has 1 N–H and O–H groups in total. The summed E-state index contributed by atoms with van der Waals surface area (Å²) in [5, 5.41) is 13.0. The van der Waals surface area contributed by atoms with Gasteiger partial charge in [0, 0.05) is 12.6 Å². The lowest BCUT2D eigenvalue weighted by atomic mass is 10.1. The predicted molar refractivity (Wildman–Crippen MR) is 79.0 cm³/mol. The average molecular weight is 302 g/mol. The van der Waals surface area contributed by atoms with Crippen LogP contribution < -0.4 is 0 Å². The lowest BCUT2D eigenvalue weighted by Crippen LogP contribution is -2.43. The summed E-state index contributed by atoms with van der Waals surface area (Å²) >= 11 is 0. The van der Waals surface area contributed by atoms with Crippen LogP contribution in [0.25, 0.3) is 0 Å². The van der Waals surface area contributed by atoms with Crippen LogP contribution in [-0.4, -0.2) is 33.1 Å². The van der Waals surface area contributed by atoms with Gasteiger partial charge in [-0.15, -0.1) is 0 Å². The zero-order valence-corrected chi connectivity index (χ0v) is 12.5. The standard InChI is InChI=1S/C16H18N2O4/c1-11-8-14(17-22-11)9-15(19)18(12(2)16(20)21)10-13-6-4-3-5-7-13/h3-8,12H,9-10H2,1-2H3,(H,20,21). The van der Waals surface area contributed by atoms with Crippen molar-refractivity contribution in [1.82, 2.24) is 10.1 Å². The van der Waals surface area contributed by atoms with Crippen LogP contribution in [0, 0.1) is 6.92 Å². The highest BCUT2D eigenvalue weighted by atomic mass is 16.5. The summed E-state index contributed by atoms with van der Waals surface area (Å²) in [6.45, 7) is 3.48. The second kappa shape index (κ2) is 6.89. The van der Waals surface area contributed by atoms with Gasteiger partial charge in [0.2, 0.25) is 5.91 Å². The van der Waals surface area contributed by atoms with Crippen LogP contribution in [0.3, 0.4) is 0 Å². The van der Waals surface area contributed by atoms with E-state index in [-0.39, 0.29) is 18.9 Å². The summed E-state index contributed by atoms with van der Waals surface area (Å²) in [6, 6.07) is 10.0. The number of carbonyl (C=O) groups excluding carboxylic acids is 1. The predicted octanol–water partition coefficient (Wildman–Crippen LogP) is 2.03. The van der Waals surface area contributed by atoms with E-state index < -0.39 is 12.0 Å². The Morgan fingerprint density at radius 3 is 2.55 bits per heavy atom. The number of rotatable bonds is 6. The molecule has 6 nitrogen and oxygen atoms in total. The largest absolute Gasteiger partial charge is 0.480 e. The van der Waals surface area contributed by atoms with E-state index in [1.807, 2.05) is 30.3 Å². The van der Waals surface area contributed by atoms with E-state index >= 15 is 0 Å². The number of carboxylic acids is 1. The minimum atomic E-state index is -1.04. The van der Waals surface area contributed by atoms with Gasteiger partial charge in [0.05, 0.1) is 12.1 Å². The third kappa shape index (κ3) is 3.94. The topological polar surface area (TPSA) is 83.6 Å². The monoisotopic (exact) mass is 302 g/mol. The molecule has 1 aromatic heterocycles. The molecule has 1 amide bonds. The number of aryl methyl sites for hydroxylation is 1. The minimum Gasteiger partial charge on any atom is -0.480 e. The van der Waals surface area contributed by atoms with Gasteiger partial charge in [-0.1, -0.05) is 35.5 Å². The summed E-state index contributed by atoms with van der Waals surface area (Å²) in [7, 11) is 0. The smallest absolute Gasteiger partial charge is 0.326 e. The maximum absolute atomic E-state index is 12.5. The van der Waals surface area contributed by atoms with E-state index in [2.05, 4.69) is 5.16 Å². The first kappa shape index (κ1) is 15.8. The van der Waals surface area contributed by atoms with E-state index in [0.29, 0.717) is 11.5 Å². The second-order valence-corrected chi connectivity index (χ2v) is 5.13. The van der Waals surface area contributed by atoms with Crippen LogP contribution >= 0.6 is 0 Å². The Kier molecular flexibility index (Phi) is 4.93. The van der Waals surface area contributed by atoms with Crippen molar-refractivity contribution in [3.63, 3.8) is 0 Å². The maximum atomic E-state index is 12.5. The first-order valence-corrected chi connectivity index (χ1v) is 6.95. The molecule has 0 saturated carbocycles. The molecule has 0 radical (unpaired) electrons. The summed E-state index contributed by atoms with van der Waals surface area (Å²) < 4.78 is 4.93. The summed E-state index contributed by atoms with van der Waals surface area (Å²) in [4.78, 5) is 25.1. The van der Waals surface area contributed by atoms with Crippen LogP contribution in [0.2, 0.25) is 0 Å². The zero-order valence-electron chi connectivity index (χ0n) is 12.5. The van der Waals surface area contributed by atoms with Crippen molar-refractivity contribution in [3.05, 3.63) is 53.4 Å². The SMILES string of the molecule is Cc1cc(CC(=O)N(Cc2ccccc2)C(C)C(=O)O)no1. The van der Waals surface area contributed by atoms with Crippen molar-refractivity contribution in [2.24, 2.45) is 0 Å². The van der Waals surface area contributed by atoms with E-state index in [1.54, 1.807) is 13.0 Å². The van der Waals surface area contributed by atoms with Gasteiger partial charge in [-0.05, 0) is 19.4 Å². The fourth-order valence-electron chi connectivity index (χ4n) is 2.11. The first-order chi connectivity index (χ1) is 10.5. The van der Waals surface area contributed by atoms with Crippen LogP contribution in [0.1, 0.15) is 23.9 Å². The van der Waals surface area contributed by atoms with Crippen LogP contribution in [0.15, 0.2) is 40.9 Å². The molecule has 1 aromatic carbocycles. The molecule has 1 atom stereocenters. The minimum absolute atomic E-state index is 0.0157. The first-order valence-electron chi connectivity index (χ1n) is 6.95. The lowest BCUT2D eigenvalue weighted by molar-refractivity contribution is -0.149. The third-order valence-electron chi connectivity index (χ3n) is 3.35. The molecule has 0 aliphatic heterocycles. The van der Waals surface area contributed by atoms with Gasteiger partial charge in [-0.25, -0.2) is 4.79 Å². The maximum Gasteiger partial charge on any atom is 0.326 e. The van der Waals surface area contributed by atoms with Gasteiger partial charge in [-0.2, -0.15) is 0 Å². The second-order valence-electron chi connectivity index (χ2n) is 5.13. The zero-order chi connectivity index (χ0) is 16.1. The summed E-state index contributed by atoms with van der Waals surface area (Å²) in [5.41, 5.74) is 1.37. The fourth-order valence-corrected chi connectivity index (χ4v) is 2.11. The van der Waals surface area contributed by atoms with Crippen LogP contribution in [0.5, 0.6) is 0 Å². The molecule has 6 heteroatoms. The van der Waals surface area contributed by atoms with Gasteiger partial charge in [0.15, 0.2) is 0 Å². The number of aromatic nitrogens is 1. The van der Waals surface area contributed by atoms with Crippen LogP contribution in [0.4, 0.5) is 0 Å². The number of carbonyl (C=O) groups is 2. The van der Waals surface area contributed by atoms with Gasteiger partial charge in [0.25, 0.3) is 0 Å². The molecule has 1 unspecified atom stereocenters. The van der Waals surface area contributed by atoms with Gasteiger partial charge in [0.1, 0.15) is 11.8 Å². The Morgan fingerprint density at radius 1 is 1.32 bits per heavy atom. The van der Waals surface area contributed by atoms with Crippen molar-refractivity contribution in [3.8, 4) is 0 Å². The fraction of sp³-hybridized carbons (Fsp3) is 0.312. The van der Waals surface area contributed by atoms with E-state index in [1.165, 1.54) is 11.8 Å². The molecule has 0 saturated heterocycles. The van der Waals surface area contributed by atoms with Gasteiger partial charge in [-0.3, -0.25) is 4.79 Å². The number of aliphatic carboxylic acids is 1. The van der Waals surface area contributed by atoms with E-state index in [9.17, 15) is 14.7 Å².